The first-order chi connectivity index (χ1) is 9.19. The van der Waals surface area contributed by atoms with Crippen LogP contribution in [0, 0.1) is 19.8 Å². The zero-order valence-electron chi connectivity index (χ0n) is 12.1. The number of fused-ring (bicyclic) bond motifs is 1. The molecular weight excluding hydrogens is 234 g/mol. The molecule has 19 heavy (non-hydrogen) atoms. The Morgan fingerprint density at radius 1 is 1.32 bits per heavy atom. The van der Waals surface area contributed by atoms with Crippen molar-refractivity contribution in [3.8, 4) is 0 Å². The Morgan fingerprint density at radius 3 is 2.74 bits per heavy atom. The lowest BCUT2D eigenvalue weighted by Crippen LogP contribution is -2.34. The fraction of sp³-hybridized carbons (Fsp3) is 0.562. The molecule has 0 spiro atoms. The molecule has 1 N–H and O–H groups in total. The third-order valence-corrected chi connectivity index (χ3v) is 4.29. The zero-order valence-corrected chi connectivity index (χ0v) is 12.1. The molecule has 3 rings (SSSR count). The van der Waals surface area contributed by atoms with Crippen LogP contribution in [0.15, 0.2) is 18.5 Å². The first-order valence-corrected chi connectivity index (χ1v) is 7.34. The van der Waals surface area contributed by atoms with Gasteiger partial charge in [-0.15, -0.1) is 0 Å². The fourth-order valence-corrected chi connectivity index (χ4v) is 2.81. The summed E-state index contributed by atoms with van der Waals surface area (Å²) in [6.07, 6.45) is 4.75. The summed E-state index contributed by atoms with van der Waals surface area (Å²) < 4.78 is 2.31. The normalized spacial score (nSPS) is 17.0. The second-order valence-electron chi connectivity index (χ2n) is 5.82. The lowest BCUT2D eigenvalue weighted by Gasteiger charge is -2.18. The van der Waals surface area contributed by atoms with Crippen LogP contribution >= 0.6 is 0 Å². The molecule has 3 nitrogen and oxygen atoms in total. The number of rotatable bonds is 5. The lowest BCUT2D eigenvalue weighted by molar-refractivity contribution is 0.420. The number of nitrogens with zero attached hydrogens (tertiary/aromatic N) is 2. The van der Waals surface area contributed by atoms with Crippen LogP contribution in [0.3, 0.4) is 0 Å². The maximum atomic E-state index is 4.55. The quantitative estimate of drug-likeness (QED) is 0.892. The molecule has 3 heteroatoms. The van der Waals surface area contributed by atoms with Crippen LogP contribution < -0.4 is 5.32 Å². The van der Waals surface area contributed by atoms with Gasteiger partial charge in [-0.05, 0) is 62.4 Å². The van der Waals surface area contributed by atoms with E-state index >= 15 is 0 Å². The minimum Gasteiger partial charge on any atom is -0.329 e. The Hall–Kier alpha value is -1.35. The minimum atomic E-state index is 0.601. The molecule has 0 amide bonds. The second-order valence-corrected chi connectivity index (χ2v) is 5.82. The maximum Gasteiger partial charge on any atom is 0.0958 e. The van der Waals surface area contributed by atoms with Crippen LogP contribution in [-0.4, -0.2) is 22.1 Å². The van der Waals surface area contributed by atoms with E-state index in [1.165, 1.54) is 29.5 Å². The number of hydrogen-bond acceptors (Lipinski definition) is 2. The molecule has 1 fully saturated rings. The van der Waals surface area contributed by atoms with E-state index in [4.69, 9.17) is 0 Å². The van der Waals surface area contributed by atoms with Crippen molar-refractivity contribution in [2.45, 2.75) is 46.2 Å². The topological polar surface area (TPSA) is 29.9 Å². The van der Waals surface area contributed by atoms with E-state index < -0.39 is 0 Å². The van der Waals surface area contributed by atoms with Crippen LogP contribution in [0.1, 0.15) is 30.9 Å². The average Bonchev–Trinajstić information content (AvgIpc) is 3.16. The summed E-state index contributed by atoms with van der Waals surface area (Å²) in [6.45, 7) is 8.60. The summed E-state index contributed by atoms with van der Waals surface area (Å²) in [4.78, 5) is 4.55. The highest BCUT2D eigenvalue weighted by molar-refractivity contribution is 5.77. The molecule has 0 radical (unpaired) electrons. The largest absolute Gasteiger partial charge is 0.329 e. The highest BCUT2D eigenvalue weighted by atomic mass is 15.1. The van der Waals surface area contributed by atoms with Gasteiger partial charge in [0.15, 0.2) is 0 Å². The lowest BCUT2D eigenvalue weighted by atomic mass is 10.1. The van der Waals surface area contributed by atoms with Gasteiger partial charge in [-0.3, -0.25) is 0 Å². The highest BCUT2D eigenvalue weighted by Gasteiger charge is 2.30. The van der Waals surface area contributed by atoms with Gasteiger partial charge in [0.2, 0.25) is 0 Å². The fourth-order valence-electron chi connectivity index (χ4n) is 2.81. The first-order valence-electron chi connectivity index (χ1n) is 7.34. The van der Waals surface area contributed by atoms with Crippen molar-refractivity contribution in [2.75, 3.05) is 6.54 Å². The van der Waals surface area contributed by atoms with Crippen molar-refractivity contribution in [3.05, 3.63) is 29.6 Å². The first kappa shape index (κ1) is 12.7. The summed E-state index contributed by atoms with van der Waals surface area (Å²) in [6, 6.07) is 5.07. The summed E-state index contributed by atoms with van der Waals surface area (Å²) >= 11 is 0. The maximum absolute atomic E-state index is 4.55. The molecule has 1 atom stereocenters. The number of likely N-dealkylation sites (N-methyl/N-ethyl adjacent to an activating group) is 1. The van der Waals surface area contributed by atoms with Gasteiger partial charge in [-0.2, -0.15) is 0 Å². The Balaban J connectivity index is 1.89. The van der Waals surface area contributed by atoms with Gasteiger partial charge in [0, 0.05) is 12.6 Å². The van der Waals surface area contributed by atoms with Gasteiger partial charge in [-0.25, -0.2) is 4.98 Å². The van der Waals surface area contributed by atoms with Crippen LogP contribution in [-0.2, 0) is 6.54 Å². The molecule has 1 aliphatic carbocycles. The van der Waals surface area contributed by atoms with Gasteiger partial charge in [0.25, 0.3) is 0 Å². The van der Waals surface area contributed by atoms with Crippen molar-refractivity contribution in [1.29, 1.82) is 0 Å². The predicted octanol–water partition coefficient (Wildman–Crippen LogP) is 3.04. The molecule has 2 aromatic rings. The summed E-state index contributed by atoms with van der Waals surface area (Å²) in [5.74, 6) is 0.865. The van der Waals surface area contributed by atoms with E-state index in [2.05, 4.69) is 47.8 Å². The van der Waals surface area contributed by atoms with E-state index in [0.29, 0.717) is 6.04 Å². The molecule has 102 valence electrons. The third-order valence-electron chi connectivity index (χ3n) is 4.29. The molecule has 1 aromatic carbocycles. The second kappa shape index (κ2) is 4.97. The molecular formula is C16H23N3. The number of aryl methyl sites for hydroxylation is 2. The van der Waals surface area contributed by atoms with Gasteiger partial charge < -0.3 is 9.88 Å². The molecule has 0 aliphatic heterocycles. The SMILES string of the molecule is CCNC(Cn1cnc2cc(C)c(C)cc21)C1CC1. The standard InChI is InChI=1S/C16H23N3/c1-4-17-15(13-5-6-13)9-19-10-18-14-7-11(2)12(3)8-16(14)19/h7-8,10,13,15,17H,4-6,9H2,1-3H3. The molecule has 1 aliphatic rings. The van der Waals surface area contributed by atoms with Crippen molar-refractivity contribution >= 4 is 11.0 Å². The van der Waals surface area contributed by atoms with E-state index in [-0.39, 0.29) is 0 Å². The summed E-state index contributed by atoms with van der Waals surface area (Å²) in [5, 5.41) is 3.62. The highest BCUT2D eigenvalue weighted by Crippen LogP contribution is 2.33. The molecule has 1 saturated carbocycles. The van der Waals surface area contributed by atoms with E-state index in [1.54, 1.807) is 0 Å². The van der Waals surface area contributed by atoms with Crippen LogP contribution in [0.5, 0.6) is 0 Å². The molecule has 1 unspecified atom stereocenters. The van der Waals surface area contributed by atoms with E-state index in [9.17, 15) is 0 Å². The van der Waals surface area contributed by atoms with E-state index in [0.717, 1.165) is 24.5 Å². The minimum absolute atomic E-state index is 0.601. The van der Waals surface area contributed by atoms with Crippen molar-refractivity contribution in [2.24, 2.45) is 5.92 Å². The zero-order chi connectivity index (χ0) is 13.4. The smallest absolute Gasteiger partial charge is 0.0958 e. The average molecular weight is 257 g/mol. The van der Waals surface area contributed by atoms with Gasteiger partial charge in [-0.1, -0.05) is 6.92 Å². The van der Waals surface area contributed by atoms with Gasteiger partial charge >= 0.3 is 0 Å². The number of nitrogens with one attached hydrogen (secondary N) is 1. The van der Waals surface area contributed by atoms with Gasteiger partial charge in [0.05, 0.1) is 17.4 Å². The number of imidazole rings is 1. The van der Waals surface area contributed by atoms with Crippen molar-refractivity contribution in [1.82, 2.24) is 14.9 Å². The molecule has 0 saturated heterocycles. The molecule has 1 heterocycles. The molecule has 1 aromatic heterocycles. The van der Waals surface area contributed by atoms with Crippen molar-refractivity contribution in [3.63, 3.8) is 0 Å². The van der Waals surface area contributed by atoms with Crippen LogP contribution in [0.25, 0.3) is 11.0 Å². The molecule has 0 bridgehead atoms. The Morgan fingerprint density at radius 2 is 2.05 bits per heavy atom. The van der Waals surface area contributed by atoms with Gasteiger partial charge in [0.1, 0.15) is 0 Å². The third kappa shape index (κ3) is 2.52. The number of hydrogen-bond donors (Lipinski definition) is 1. The number of benzene rings is 1. The van der Waals surface area contributed by atoms with Crippen LogP contribution in [0.4, 0.5) is 0 Å². The number of aromatic nitrogens is 2. The monoisotopic (exact) mass is 257 g/mol. The van der Waals surface area contributed by atoms with Crippen LogP contribution in [0.2, 0.25) is 0 Å². The Kier molecular flexibility index (Phi) is 3.31. The Bertz CT molecular complexity index is 581. The summed E-state index contributed by atoms with van der Waals surface area (Å²) in [5.41, 5.74) is 5.06. The predicted molar refractivity (Wildman–Crippen MR) is 79.4 cm³/mol. The summed E-state index contributed by atoms with van der Waals surface area (Å²) in [7, 11) is 0. The van der Waals surface area contributed by atoms with E-state index in [1.807, 2.05) is 6.33 Å². The van der Waals surface area contributed by atoms with Crippen molar-refractivity contribution < 1.29 is 0 Å². The Labute approximate surface area is 115 Å².